The van der Waals surface area contributed by atoms with E-state index < -0.39 is 16.4 Å². The molecule has 0 aromatic heterocycles. The molecule has 0 spiro atoms. The molecule has 0 amide bonds. The smallest absolute Gasteiger partial charge is 0.314 e. The number of methoxy groups -OCH3 is 1. The zero-order valence-electron chi connectivity index (χ0n) is 10.8. The molecule has 1 aromatic rings. The SMILES string of the molecule is COc1cc([C@H](N)CCCCN)cc([N+](=O)[O-])c1O. The number of phenolic OH excluding ortho intramolecular Hbond substituents is 1. The fourth-order valence-electron chi connectivity index (χ4n) is 1.80. The normalized spacial score (nSPS) is 12.2. The van der Waals surface area contributed by atoms with Crippen LogP contribution in [-0.4, -0.2) is 23.7 Å². The van der Waals surface area contributed by atoms with Crippen LogP contribution in [-0.2, 0) is 0 Å². The van der Waals surface area contributed by atoms with Crippen LogP contribution < -0.4 is 16.2 Å². The maximum absolute atomic E-state index is 10.9. The van der Waals surface area contributed by atoms with Crippen molar-refractivity contribution in [2.75, 3.05) is 13.7 Å². The van der Waals surface area contributed by atoms with Gasteiger partial charge in [0.25, 0.3) is 0 Å². The minimum Gasteiger partial charge on any atom is -0.500 e. The van der Waals surface area contributed by atoms with Crippen molar-refractivity contribution in [3.05, 3.63) is 27.8 Å². The third kappa shape index (κ3) is 3.80. The van der Waals surface area contributed by atoms with E-state index in [2.05, 4.69) is 0 Å². The third-order valence-electron chi connectivity index (χ3n) is 2.89. The molecule has 0 aliphatic rings. The number of unbranched alkanes of at least 4 members (excludes halogenated alkanes) is 1. The highest BCUT2D eigenvalue weighted by atomic mass is 16.6. The minimum absolute atomic E-state index is 0.0541. The highest BCUT2D eigenvalue weighted by molar-refractivity contribution is 5.57. The molecule has 0 bridgehead atoms. The topological polar surface area (TPSA) is 125 Å². The Morgan fingerprint density at radius 3 is 2.68 bits per heavy atom. The van der Waals surface area contributed by atoms with E-state index in [-0.39, 0.29) is 11.8 Å². The van der Waals surface area contributed by atoms with Crippen LogP contribution in [0.15, 0.2) is 12.1 Å². The van der Waals surface area contributed by atoms with Gasteiger partial charge >= 0.3 is 5.69 Å². The summed E-state index contributed by atoms with van der Waals surface area (Å²) in [5, 5.41) is 20.5. The Balaban J connectivity index is 3.00. The number of ether oxygens (including phenoxy) is 1. The maximum Gasteiger partial charge on any atom is 0.314 e. The maximum atomic E-state index is 10.9. The zero-order valence-corrected chi connectivity index (χ0v) is 10.8. The van der Waals surface area contributed by atoms with Gasteiger partial charge in [0.15, 0.2) is 5.75 Å². The van der Waals surface area contributed by atoms with Gasteiger partial charge in [-0.05, 0) is 31.0 Å². The number of phenols is 1. The van der Waals surface area contributed by atoms with Crippen LogP contribution in [0, 0.1) is 10.1 Å². The van der Waals surface area contributed by atoms with Gasteiger partial charge in [-0.3, -0.25) is 10.1 Å². The van der Waals surface area contributed by atoms with Crippen LogP contribution in [0.5, 0.6) is 11.5 Å². The molecule has 1 aromatic carbocycles. The van der Waals surface area contributed by atoms with Crippen molar-refractivity contribution in [3.8, 4) is 11.5 Å². The lowest BCUT2D eigenvalue weighted by molar-refractivity contribution is -0.386. The molecule has 0 aliphatic carbocycles. The molecule has 1 rings (SSSR count). The van der Waals surface area contributed by atoms with Gasteiger partial charge in [0, 0.05) is 12.1 Å². The molecule has 0 radical (unpaired) electrons. The Hall–Kier alpha value is -1.86. The minimum atomic E-state index is -0.659. The first kappa shape index (κ1) is 15.2. The summed E-state index contributed by atoms with van der Waals surface area (Å²) < 4.78 is 4.92. The Morgan fingerprint density at radius 2 is 2.16 bits per heavy atom. The van der Waals surface area contributed by atoms with Crippen molar-refractivity contribution in [2.45, 2.75) is 25.3 Å². The van der Waals surface area contributed by atoms with Gasteiger partial charge in [-0.1, -0.05) is 6.42 Å². The second kappa shape index (κ2) is 6.91. The molecule has 0 saturated heterocycles. The summed E-state index contributed by atoms with van der Waals surface area (Å²) in [4.78, 5) is 10.2. The van der Waals surface area contributed by atoms with Crippen LogP contribution in [0.2, 0.25) is 0 Å². The molecule has 7 heteroatoms. The summed E-state index contributed by atoms with van der Waals surface area (Å²) in [6, 6.07) is 2.46. The third-order valence-corrected chi connectivity index (χ3v) is 2.89. The van der Waals surface area contributed by atoms with E-state index in [1.807, 2.05) is 0 Å². The summed E-state index contributed by atoms with van der Waals surface area (Å²) in [7, 11) is 1.34. The molecule has 0 fully saturated rings. The molecule has 1 atom stereocenters. The average Bonchev–Trinajstić information content (AvgIpc) is 2.38. The second-order valence-corrected chi connectivity index (χ2v) is 4.24. The molecule has 19 heavy (non-hydrogen) atoms. The quantitative estimate of drug-likeness (QED) is 0.390. The Bertz CT molecular complexity index is 451. The van der Waals surface area contributed by atoms with Crippen LogP contribution in [0.1, 0.15) is 30.9 Å². The zero-order chi connectivity index (χ0) is 14.4. The van der Waals surface area contributed by atoms with Gasteiger partial charge in [-0.2, -0.15) is 0 Å². The number of hydrogen-bond acceptors (Lipinski definition) is 6. The molecule has 0 heterocycles. The standard InChI is InChI=1S/C12H19N3O4/c1-19-11-7-8(9(14)4-2-3-5-13)6-10(12(11)16)15(17)18/h6-7,9,16H,2-5,13-14H2,1H3/t9-/m1/s1. The fraction of sp³-hybridized carbons (Fsp3) is 0.500. The molecular weight excluding hydrogens is 250 g/mol. The monoisotopic (exact) mass is 269 g/mol. The van der Waals surface area contributed by atoms with Gasteiger partial charge in [-0.25, -0.2) is 0 Å². The number of rotatable bonds is 7. The first-order valence-corrected chi connectivity index (χ1v) is 6.02. The first-order chi connectivity index (χ1) is 9.01. The van der Waals surface area contributed by atoms with Gasteiger partial charge < -0.3 is 21.3 Å². The highest BCUT2D eigenvalue weighted by Gasteiger charge is 2.21. The lowest BCUT2D eigenvalue weighted by Gasteiger charge is -2.13. The van der Waals surface area contributed by atoms with E-state index in [4.69, 9.17) is 16.2 Å². The van der Waals surface area contributed by atoms with Crippen LogP contribution in [0.4, 0.5) is 5.69 Å². The van der Waals surface area contributed by atoms with E-state index in [0.717, 1.165) is 12.8 Å². The predicted molar refractivity (Wildman–Crippen MR) is 71.1 cm³/mol. The average molecular weight is 269 g/mol. The van der Waals surface area contributed by atoms with E-state index in [0.29, 0.717) is 18.5 Å². The molecule has 0 aliphatic heterocycles. The van der Waals surface area contributed by atoms with E-state index >= 15 is 0 Å². The van der Waals surface area contributed by atoms with Crippen molar-refractivity contribution in [1.29, 1.82) is 0 Å². The molecule has 5 N–H and O–H groups in total. The Labute approximate surface area is 111 Å². The fourth-order valence-corrected chi connectivity index (χ4v) is 1.80. The van der Waals surface area contributed by atoms with Crippen molar-refractivity contribution in [1.82, 2.24) is 0 Å². The van der Waals surface area contributed by atoms with E-state index in [1.54, 1.807) is 0 Å². The van der Waals surface area contributed by atoms with Crippen molar-refractivity contribution in [2.24, 2.45) is 11.5 Å². The largest absolute Gasteiger partial charge is 0.500 e. The Kier molecular flexibility index (Phi) is 5.53. The molecule has 106 valence electrons. The lowest BCUT2D eigenvalue weighted by atomic mass is 10.0. The van der Waals surface area contributed by atoms with Crippen LogP contribution in [0.25, 0.3) is 0 Å². The second-order valence-electron chi connectivity index (χ2n) is 4.24. The molecular formula is C12H19N3O4. The number of nitro benzene ring substituents is 1. The highest BCUT2D eigenvalue weighted by Crippen LogP contribution is 2.38. The van der Waals surface area contributed by atoms with Gasteiger partial charge in [0.1, 0.15) is 0 Å². The summed E-state index contributed by atoms with van der Waals surface area (Å²) in [5.74, 6) is -0.427. The number of aromatic hydroxyl groups is 1. The number of hydrogen-bond donors (Lipinski definition) is 3. The van der Waals surface area contributed by atoms with Gasteiger partial charge in [0.05, 0.1) is 12.0 Å². The molecule has 0 unspecified atom stereocenters. The number of nitro groups is 1. The lowest BCUT2D eigenvalue weighted by Crippen LogP contribution is -2.11. The first-order valence-electron chi connectivity index (χ1n) is 6.02. The molecule has 0 saturated carbocycles. The predicted octanol–water partition coefficient (Wildman–Crippen LogP) is 1.44. The van der Waals surface area contributed by atoms with Gasteiger partial charge in [-0.15, -0.1) is 0 Å². The summed E-state index contributed by atoms with van der Waals surface area (Å²) in [6.45, 7) is 0.589. The Morgan fingerprint density at radius 1 is 1.47 bits per heavy atom. The molecule has 7 nitrogen and oxygen atoms in total. The number of nitrogens with zero attached hydrogens (tertiary/aromatic N) is 1. The van der Waals surface area contributed by atoms with Crippen molar-refractivity contribution >= 4 is 5.69 Å². The van der Waals surface area contributed by atoms with E-state index in [1.165, 1.54) is 19.2 Å². The van der Waals surface area contributed by atoms with Crippen molar-refractivity contribution in [3.63, 3.8) is 0 Å². The number of nitrogens with two attached hydrogens (primary N) is 2. The van der Waals surface area contributed by atoms with Crippen LogP contribution in [0.3, 0.4) is 0 Å². The number of benzene rings is 1. The van der Waals surface area contributed by atoms with Crippen LogP contribution >= 0.6 is 0 Å². The summed E-state index contributed by atoms with van der Waals surface area (Å²) in [6.07, 6.45) is 2.36. The van der Waals surface area contributed by atoms with E-state index in [9.17, 15) is 15.2 Å². The van der Waals surface area contributed by atoms with Gasteiger partial charge in [0.2, 0.25) is 5.75 Å². The summed E-state index contributed by atoms with van der Waals surface area (Å²) in [5.41, 5.74) is 11.5. The van der Waals surface area contributed by atoms with Crippen molar-refractivity contribution < 1.29 is 14.8 Å². The summed E-state index contributed by atoms with van der Waals surface area (Å²) >= 11 is 0.